The third-order valence-electron chi connectivity index (χ3n) is 4.10. The average molecular weight is 453 g/mol. The number of rotatable bonds is 6. The van der Waals surface area contributed by atoms with Crippen LogP contribution in [-0.2, 0) is 11.8 Å². The van der Waals surface area contributed by atoms with Crippen molar-refractivity contribution in [2.24, 2.45) is 0 Å². The summed E-state index contributed by atoms with van der Waals surface area (Å²) in [6.45, 7) is 10.8. The molecule has 2 rings (SSSR count). The van der Waals surface area contributed by atoms with Crippen LogP contribution in [0.4, 0.5) is 0 Å². The second-order valence-electron chi connectivity index (χ2n) is 8.14. The van der Waals surface area contributed by atoms with E-state index in [1.165, 1.54) is 18.3 Å². The zero-order valence-corrected chi connectivity index (χ0v) is 18.7. The van der Waals surface area contributed by atoms with Gasteiger partial charge in [-0.3, -0.25) is 0 Å². The van der Waals surface area contributed by atoms with Crippen LogP contribution >= 0.6 is 0 Å². The summed E-state index contributed by atoms with van der Waals surface area (Å²) in [5, 5.41) is 0. The lowest BCUT2D eigenvalue weighted by atomic mass is 9.87. The molecule has 0 aliphatic heterocycles. The van der Waals surface area contributed by atoms with E-state index in [4.69, 9.17) is 0 Å². The van der Waals surface area contributed by atoms with Crippen molar-refractivity contribution < 1.29 is 26.0 Å². The van der Waals surface area contributed by atoms with Gasteiger partial charge in [-0.05, 0) is 72.8 Å². The molecule has 0 heterocycles. The van der Waals surface area contributed by atoms with Crippen molar-refractivity contribution in [2.45, 2.75) is 58.2 Å². The zero-order valence-electron chi connectivity index (χ0n) is 15.6. The van der Waals surface area contributed by atoms with Gasteiger partial charge in [0.15, 0.2) is 15.5 Å². The Morgan fingerprint density at radius 3 is 1.83 bits per heavy atom. The fourth-order valence-corrected chi connectivity index (χ4v) is 5.78. The summed E-state index contributed by atoms with van der Waals surface area (Å²) in [6.07, 6.45) is 2.17. The number of halogens is 1. The molecule has 24 heavy (non-hydrogen) atoms. The fourth-order valence-electron chi connectivity index (χ4n) is 2.58. The van der Waals surface area contributed by atoms with Crippen molar-refractivity contribution >= 4 is 8.32 Å². The van der Waals surface area contributed by atoms with E-state index in [0.29, 0.717) is 0 Å². The molecule has 1 N–H and O–H groups in total. The molecule has 0 aliphatic carbocycles. The van der Waals surface area contributed by atoms with Crippen molar-refractivity contribution in [3.8, 4) is 0 Å². The van der Waals surface area contributed by atoms with Gasteiger partial charge < -0.3 is 4.80 Å². The van der Waals surface area contributed by atoms with Gasteiger partial charge in [-0.1, -0.05) is 45.0 Å². The third kappa shape index (κ3) is 6.69. The van der Waals surface area contributed by atoms with E-state index in [1.54, 1.807) is 0 Å². The van der Waals surface area contributed by atoms with Crippen LogP contribution in [0.5, 0.6) is 0 Å². The highest BCUT2D eigenvalue weighted by Crippen LogP contribution is 2.20. The lowest BCUT2D eigenvalue weighted by Gasteiger charge is -2.18. The fraction of sp³-hybridized carbons (Fsp3) is 0.429. The van der Waals surface area contributed by atoms with Gasteiger partial charge >= 0.3 is 21.2 Å². The summed E-state index contributed by atoms with van der Waals surface area (Å²) in [7, 11) is -1.89. The SMILES string of the molecule is CC(C)(C)c1ccc([I+]c2ccc(CCC[Si](C)(C)O)cc2)cc1. The van der Waals surface area contributed by atoms with Crippen LogP contribution in [0, 0.1) is 7.14 Å². The largest absolute Gasteiger partial charge is 0.432 e. The maximum atomic E-state index is 9.92. The van der Waals surface area contributed by atoms with Gasteiger partial charge in [0.05, 0.1) is 0 Å². The molecule has 1 nitrogen and oxygen atoms in total. The minimum absolute atomic E-state index is 0.0992. The van der Waals surface area contributed by atoms with Crippen LogP contribution in [0.2, 0.25) is 19.1 Å². The predicted molar refractivity (Wildman–Crippen MR) is 102 cm³/mol. The molecule has 0 atom stereocenters. The Morgan fingerprint density at radius 2 is 1.38 bits per heavy atom. The quantitative estimate of drug-likeness (QED) is 0.526. The molecule has 3 heteroatoms. The van der Waals surface area contributed by atoms with Crippen LogP contribution in [0.3, 0.4) is 0 Å². The summed E-state index contributed by atoms with van der Waals surface area (Å²) in [5.74, 6) is 0. The summed E-state index contributed by atoms with van der Waals surface area (Å²) >= 11 is -0.0992. The summed E-state index contributed by atoms with van der Waals surface area (Å²) in [6, 6.07) is 19.3. The Labute approximate surface area is 158 Å². The second-order valence-corrected chi connectivity index (χ2v) is 15.3. The highest BCUT2D eigenvalue weighted by molar-refractivity contribution is 6.69. The molecular weight excluding hydrogens is 423 g/mol. The van der Waals surface area contributed by atoms with E-state index in [1.807, 2.05) is 13.1 Å². The van der Waals surface area contributed by atoms with Gasteiger partial charge in [-0.25, -0.2) is 0 Å². The summed E-state index contributed by atoms with van der Waals surface area (Å²) < 4.78 is 2.94. The average Bonchev–Trinajstić information content (AvgIpc) is 2.47. The Balaban J connectivity index is 1.92. The number of hydrogen-bond acceptors (Lipinski definition) is 1. The molecule has 0 aromatic heterocycles. The van der Waals surface area contributed by atoms with Crippen molar-refractivity contribution in [1.29, 1.82) is 0 Å². The molecule has 0 fully saturated rings. The molecule has 0 radical (unpaired) electrons. The van der Waals surface area contributed by atoms with E-state index < -0.39 is 8.32 Å². The molecular formula is C21H30IOSi+. The Bertz CT molecular complexity index is 634. The van der Waals surface area contributed by atoms with E-state index in [-0.39, 0.29) is 26.6 Å². The molecule has 0 unspecified atom stereocenters. The van der Waals surface area contributed by atoms with Crippen LogP contribution in [0.1, 0.15) is 38.3 Å². The maximum Gasteiger partial charge on any atom is 0.357 e. The van der Waals surface area contributed by atoms with Crippen LogP contribution < -0.4 is 21.2 Å². The smallest absolute Gasteiger partial charge is 0.357 e. The predicted octanol–water partition coefficient (Wildman–Crippen LogP) is 2.24. The van der Waals surface area contributed by atoms with Crippen LogP contribution in [0.25, 0.3) is 0 Å². The number of benzene rings is 2. The number of aryl methyl sites for hydroxylation is 1. The van der Waals surface area contributed by atoms with Crippen molar-refractivity contribution in [3.05, 3.63) is 66.8 Å². The molecule has 2 aromatic rings. The molecule has 0 saturated heterocycles. The molecule has 0 bridgehead atoms. The van der Waals surface area contributed by atoms with E-state index in [2.05, 4.69) is 69.3 Å². The standard InChI is InChI=1S/C21H30IOSi/c1-21(2,3)18-10-14-20(15-11-18)22-19-12-8-17(9-13-19)7-6-16-24(4,5)23/h8-15,23H,6-7,16H2,1-5H3/q+1. The van der Waals surface area contributed by atoms with E-state index >= 15 is 0 Å². The first-order valence-electron chi connectivity index (χ1n) is 8.70. The molecule has 2 aromatic carbocycles. The van der Waals surface area contributed by atoms with E-state index in [0.717, 1.165) is 18.9 Å². The molecule has 0 saturated carbocycles. The number of hydrogen-bond donors (Lipinski definition) is 1. The van der Waals surface area contributed by atoms with Gasteiger partial charge in [0, 0.05) is 0 Å². The molecule has 0 amide bonds. The van der Waals surface area contributed by atoms with Crippen molar-refractivity contribution in [3.63, 3.8) is 0 Å². The zero-order chi connectivity index (χ0) is 17.8. The van der Waals surface area contributed by atoms with Crippen LogP contribution in [0.15, 0.2) is 48.5 Å². The highest BCUT2D eigenvalue weighted by atomic mass is 127. The Kier molecular flexibility index (Phi) is 6.68. The first-order chi connectivity index (χ1) is 11.1. The Hall–Kier alpha value is -0.653. The lowest BCUT2D eigenvalue weighted by Crippen LogP contribution is -3.61. The maximum absolute atomic E-state index is 9.92. The topological polar surface area (TPSA) is 20.2 Å². The molecule has 130 valence electrons. The Morgan fingerprint density at radius 1 is 0.875 bits per heavy atom. The highest BCUT2D eigenvalue weighted by Gasteiger charge is 2.19. The van der Waals surface area contributed by atoms with Gasteiger partial charge in [-0.2, -0.15) is 0 Å². The lowest BCUT2D eigenvalue weighted by molar-refractivity contribution is -0.597. The van der Waals surface area contributed by atoms with Gasteiger partial charge in [0.1, 0.15) is 0 Å². The minimum atomic E-state index is -1.89. The monoisotopic (exact) mass is 453 g/mol. The second kappa shape index (κ2) is 8.15. The normalized spacial score (nSPS) is 12.4. The minimum Gasteiger partial charge on any atom is -0.432 e. The van der Waals surface area contributed by atoms with E-state index in [9.17, 15) is 4.80 Å². The van der Waals surface area contributed by atoms with Crippen molar-refractivity contribution in [2.75, 3.05) is 0 Å². The molecule has 0 aliphatic rings. The summed E-state index contributed by atoms with van der Waals surface area (Å²) in [4.78, 5) is 9.92. The van der Waals surface area contributed by atoms with Crippen LogP contribution in [-0.4, -0.2) is 13.1 Å². The molecule has 0 spiro atoms. The van der Waals surface area contributed by atoms with Gasteiger partial charge in [0.2, 0.25) is 0 Å². The first-order valence-corrected chi connectivity index (χ1v) is 14.0. The first kappa shape index (κ1) is 19.7. The van der Waals surface area contributed by atoms with Crippen molar-refractivity contribution in [1.82, 2.24) is 0 Å². The summed E-state index contributed by atoms with van der Waals surface area (Å²) in [5.41, 5.74) is 3.02. The third-order valence-corrected chi connectivity index (χ3v) is 8.36. The van der Waals surface area contributed by atoms with Gasteiger partial charge in [-0.15, -0.1) is 0 Å². The van der Waals surface area contributed by atoms with Gasteiger partial charge in [0.25, 0.3) is 0 Å².